The molecule has 3 saturated carbocycles. The molecule has 4 amide bonds. The third-order valence-electron chi connectivity index (χ3n) is 13.4. The normalized spacial score (nSPS) is 27.1. The lowest BCUT2D eigenvalue weighted by atomic mass is 9.95. The number of alkyl carbamates (subject to hydrolysis) is 1. The van der Waals surface area contributed by atoms with E-state index in [4.69, 9.17) is 23.9 Å². The molecule has 0 spiro atoms. The quantitative estimate of drug-likeness (QED) is 0.151. The minimum Gasteiger partial charge on any atom is -0.470 e. The highest BCUT2D eigenvalue weighted by atomic mass is 32.2. The van der Waals surface area contributed by atoms with Crippen LogP contribution in [0.1, 0.15) is 116 Å². The summed E-state index contributed by atoms with van der Waals surface area (Å²) in [5.74, 6) is -1.80. The van der Waals surface area contributed by atoms with Crippen LogP contribution in [0.25, 0.3) is 32.8 Å². The largest absolute Gasteiger partial charge is 0.470 e. The zero-order valence-electron chi connectivity index (χ0n) is 36.2. The molecule has 15 nitrogen and oxygen atoms in total. The molecule has 0 bridgehead atoms. The number of carbonyl (C=O) groups is 4. The number of nitrogens with one attached hydrogen (secondary N) is 3. The van der Waals surface area contributed by atoms with Crippen LogP contribution in [-0.4, -0.2) is 88.2 Å². The molecule has 4 aromatic rings. The molecule has 4 fully saturated rings. The van der Waals surface area contributed by atoms with Crippen molar-refractivity contribution in [2.24, 2.45) is 5.92 Å². The van der Waals surface area contributed by atoms with Gasteiger partial charge in [-0.1, -0.05) is 57.9 Å². The number of ether oxygens (including phenoxy) is 2. The maximum Gasteiger partial charge on any atom is 0.408 e. The van der Waals surface area contributed by atoms with E-state index in [1.54, 1.807) is 18.3 Å². The van der Waals surface area contributed by atoms with Crippen LogP contribution in [0.5, 0.6) is 5.88 Å². The van der Waals surface area contributed by atoms with Gasteiger partial charge in [0.15, 0.2) is 5.82 Å². The van der Waals surface area contributed by atoms with Gasteiger partial charge in [-0.3, -0.25) is 19.1 Å². The van der Waals surface area contributed by atoms with Crippen molar-refractivity contribution in [2.75, 3.05) is 6.54 Å². The summed E-state index contributed by atoms with van der Waals surface area (Å²) in [6.45, 7) is 7.96. The molecule has 9 rings (SSSR count). The molecule has 0 radical (unpaired) electrons. The number of amides is 4. The number of thiophene rings is 1. The number of sulfonamides is 1. The van der Waals surface area contributed by atoms with E-state index in [1.165, 1.54) is 4.90 Å². The molecular formula is C46H56N6O9S2. The van der Waals surface area contributed by atoms with Gasteiger partial charge in [-0.2, -0.15) is 4.98 Å². The maximum absolute atomic E-state index is 14.9. The molecule has 0 unspecified atom stereocenters. The Kier molecular flexibility index (Phi) is 11.3. The van der Waals surface area contributed by atoms with Gasteiger partial charge >= 0.3 is 6.09 Å². The van der Waals surface area contributed by atoms with Crippen LogP contribution in [0, 0.1) is 5.92 Å². The summed E-state index contributed by atoms with van der Waals surface area (Å²) in [5, 5.41) is 6.55. The van der Waals surface area contributed by atoms with Gasteiger partial charge in [-0.05, 0) is 101 Å². The average molecular weight is 901 g/mol. The summed E-state index contributed by atoms with van der Waals surface area (Å²) in [7, 11) is -4.02. The summed E-state index contributed by atoms with van der Waals surface area (Å²) in [4.78, 5) is 70.2. The van der Waals surface area contributed by atoms with Crippen molar-refractivity contribution in [2.45, 2.75) is 151 Å². The second kappa shape index (κ2) is 16.5. The van der Waals surface area contributed by atoms with Crippen molar-refractivity contribution in [1.29, 1.82) is 0 Å². The Hall–Kier alpha value is -5.03. The number of furan rings is 1. The van der Waals surface area contributed by atoms with Crippen LogP contribution >= 0.6 is 11.3 Å². The van der Waals surface area contributed by atoms with Gasteiger partial charge in [-0.25, -0.2) is 18.2 Å². The van der Waals surface area contributed by atoms with E-state index in [0.717, 1.165) is 53.7 Å². The molecular weight excluding hydrogens is 845 g/mol. The van der Waals surface area contributed by atoms with Crippen LogP contribution in [0.3, 0.4) is 0 Å². The molecule has 1 aromatic carbocycles. The lowest BCUT2D eigenvalue weighted by Gasteiger charge is -2.30. The molecule has 336 valence electrons. The molecule has 1 saturated heterocycles. The van der Waals surface area contributed by atoms with E-state index >= 15 is 0 Å². The molecule has 2 aliphatic heterocycles. The summed E-state index contributed by atoms with van der Waals surface area (Å²) in [5.41, 5.74) is -0.182. The number of allylic oxidation sites excluding steroid dienone is 1. The maximum atomic E-state index is 14.9. The van der Waals surface area contributed by atoms with Gasteiger partial charge < -0.3 is 29.4 Å². The van der Waals surface area contributed by atoms with Crippen molar-refractivity contribution >= 4 is 67.2 Å². The van der Waals surface area contributed by atoms with Crippen molar-refractivity contribution in [3.63, 3.8) is 0 Å². The lowest BCUT2D eigenvalue weighted by molar-refractivity contribution is -0.141. The molecule has 17 heteroatoms. The Morgan fingerprint density at radius 2 is 1.75 bits per heavy atom. The Labute approximate surface area is 371 Å². The highest BCUT2D eigenvalue weighted by Gasteiger charge is 2.63. The monoisotopic (exact) mass is 900 g/mol. The molecule has 3 aromatic heterocycles. The SMILES string of the molecule is CC(C)(C)c1ccc(-c2nc(O[C@@H]3C[C@H]4C(=O)N[C@]5(C(=O)NS(=O)(=O)C6(C)CC6)C[C@@H]5/C=C\CCCCC[C@H](NC(=O)OC5CCCC5)C(=O)N4C3)c3oc4ccccc4c3n2)s1. The predicted octanol–water partition coefficient (Wildman–Crippen LogP) is 7.18. The molecule has 5 aliphatic rings. The minimum atomic E-state index is -4.02. The third kappa shape index (κ3) is 8.66. The number of aromatic nitrogens is 2. The Bertz CT molecular complexity index is 2590. The number of benzene rings is 1. The van der Waals surface area contributed by atoms with Crippen molar-refractivity contribution in [3.8, 4) is 16.6 Å². The minimum absolute atomic E-state index is 0.000376. The van der Waals surface area contributed by atoms with Crippen molar-refractivity contribution in [3.05, 3.63) is 53.4 Å². The summed E-state index contributed by atoms with van der Waals surface area (Å²) in [6.07, 6.45) is 9.83. The summed E-state index contributed by atoms with van der Waals surface area (Å²) < 4.78 is 46.6. The van der Waals surface area contributed by atoms with E-state index in [-0.39, 0.29) is 36.8 Å². The number of hydrogen-bond donors (Lipinski definition) is 3. The fourth-order valence-corrected chi connectivity index (χ4v) is 11.4. The van der Waals surface area contributed by atoms with Crippen LogP contribution in [-0.2, 0) is 34.6 Å². The van der Waals surface area contributed by atoms with E-state index in [2.05, 4.69) is 42.2 Å². The van der Waals surface area contributed by atoms with E-state index in [1.807, 2.05) is 42.5 Å². The van der Waals surface area contributed by atoms with E-state index in [9.17, 15) is 27.6 Å². The average Bonchev–Trinajstić information content (AvgIpc) is 3.72. The fourth-order valence-electron chi connectivity index (χ4n) is 9.06. The number of para-hydroxylation sites is 1. The summed E-state index contributed by atoms with van der Waals surface area (Å²) in [6, 6.07) is 9.41. The second-order valence-electron chi connectivity index (χ2n) is 19.3. The second-order valence-corrected chi connectivity index (χ2v) is 22.5. The first-order valence-electron chi connectivity index (χ1n) is 22.3. The number of hydrogen-bond acceptors (Lipinski definition) is 12. The number of carbonyl (C=O) groups excluding carboxylic acids is 4. The highest BCUT2D eigenvalue weighted by Crippen LogP contribution is 2.48. The lowest BCUT2D eigenvalue weighted by Crippen LogP contribution is -2.58. The van der Waals surface area contributed by atoms with Gasteiger partial charge in [0.25, 0.3) is 11.8 Å². The van der Waals surface area contributed by atoms with Gasteiger partial charge in [0.1, 0.15) is 40.9 Å². The first kappa shape index (κ1) is 43.2. The van der Waals surface area contributed by atoms with E-state index < -0.39 is 68.2 Å². The van der Waals surface area contributed by atoms with Crippen molar-refractivity contribution < 1.29 is 41.5 Å². The zero-order chi connectivity index (χ0) is 44.3. The summed E-state index contributed by atoms with van der Waals surface area (Å²) >= 11 is 1.59. The molecule has 3 aliphatic carbocycles. The van der Waals surface area contributed by atoms with Crippen LogP contribution in [0.2, 0.25) is 0 Å². The Morgan fingerprint density at radius 1 is 0.984 bits per heavy atom. The first-order valence-corrected chi connectivity index (χ1v) is 24.6. The molecule has 5 heterocycles. The van der Waals surface area contributed by atoms with Gasteiger partial charge in [0, 0.05) is 22.6 Å². The topological polar surface area (TPSA) is 199 Å². The number of rotatable bonds is 8. The van der Waals surface area contributed by atoms with Crippen LogP contribution in [0.15, 0.2) is 53.0 Å². The third-order valence-corrected chi connectivity index (χ3v) is 17.0. The van der Waals surface area contributed by atoms with Crippen LogP contribution < -0.4 is 20.1 Å². The van der Waals surface area contributed by atoms with E-state index in [0.29, 0.717) is 54.6 Å². The highest BCUT2D eigenvalue weighted by molar-refractivity contribution is 7.91. The molecule has 5 atom stereocenters. The Morgan fingerprint density at radius 3 is 2.49 bits per heavy atom. The van der Waals surface area contributed by atoms with Gasteiger partial charge in [0.2, 0.25) is 27.4 Å². The fraction of sp³-hybridized carbons (Fsp3) is 0.565. The smallest absolute Gasteiger partial charge is 0.408 e. The molecule has 63 heavy (non-hydrogen) atoms. The van der Waals surface area contributed by atoms with Crippen molar-refractivity contribution in [1.82, 2.24) is 30.2 Å². The van der Waals surface area contributed by atoms with Crippen LogP contribution in [0.4, 0.5) is 4.79 Å². The number of fused-ring (bicyclic) bond motifs is 5. The predicted molar refractivity (Wildman–Crippen MR) is 237 cm³/mol. The standard InChI is InChI=1S/C46H56N6O9S2/c1-44(2,3)35-21-20-34(62-35)38-48-36-30-17-12-13-19-33(30)61-37(36)40(49-38)59-29-24-32-39(53)50-46(42(55)51-63(57,58)45(4)22-23-45)25-27(46)14-8-6-5-7-9-18-31(41(54)52(32)26-29)47-43(56)60-28-15-10-11-16-28/h8,12-14,17,19-21,27-29,31-32H,5-7,9-11,15-16,18,22-26H2,1-4H3,(H,47,56)(H,50,53)(H,51,55)/b14-8-/t27-,29+,31-,32-,46+/m0/s1. The number of nitrogens with zero attached hydrogens (tertiary/aromatic N) is 3. The van der Waals surface area contributed by atoms with Gasteiger partial charge in [-0.15, -0.1) is 11.3 Å². The first-order chi connectivity index (χ1) is 30.0. The van der Waals surface area contributed by atoms with Gasteiger partial charge in [0.05, 0.1) is 16.2 Å². The Balaban J connectivity index is 1.06. The zero-order valence-corrected chi connectivity index (χ0v) is 37.9. The molecule has 3 N–H and O–H groups in total.